The van der Waals surface area contributed by atoms with E-state index in [9.17, 15) is 4.39 Å². The number of rotatable bonds is 3. The molecule has 0 saturated carbocycles. The highest BCUT2D eigenvalue weighted by Crippen LogP contribution is 2.31. The summed E-state index contributed by atoms with van der Waals surface area (Å²) in [5.41, 5.74) is 5.96. The van der Waals surface area contributed by atoms with Crippen LogP contribution in [-0.4, -0.2) is 37.2 Å². The van der Waals surface area contributed by atoms with Gasteiger partial charge in [-0.3, -0.25) is 0 Å². The van der Waals surface area contributed by atoms with E-state index >= 15 is 0 Å². The molecule has 0 saturated heterocycles. The zero-order valence-electron chi connectivity index (χ0n) is 15.5. The van der Waals surface area contributed by atoms with Crippen molar-refractivity contribution in [1.82, 2.24) is 9.47 Å². The molecule has 0 bridgehead atoms. The van der Waals surface area contributed by atoms with Gasteiger partial charge in [-0.1, -0.05) is 12.1 Å². The van der Waals surface area contributed by atoms with Crippen LogP contribution in [0.5, 0.6) is 0 Å². The lowest BCUT2D eigenvalue weighted by Gasteiger charge is -2.23. The van der Waals surface area contributed by atoms with Crippen molar-refractivity contribution in [2.24, 2.45) is 0 Å². The number of benzene rings is 2. The third-order valence-electron chi connectivity index (χ3n) is 5.17. The van der Waals surface area contributed by atoms with E-state index in [0.717, 1.165) is 36.0 Å². The minimum atomic E-state index is -0.172. The molecule has 26 heavy (non-hydrogen) atoms. The molecule has 0 N–H and O–H groups in total. The van der Waals surface area contributed by atoms with Crippen molar-refractivity contribution in [2.45, 2.75) is 13.0 Å². The summed E-state index contributed by atoms with van der Waals surface area (Å²) in [6.45, 7) is 1.89. The monoisotopic (exact) mass is 349 g/mol. The molecule has 2 aromatic carbocycles. The van der Waals surface area contributed by atoms with Crippen molar-refractivity contribution in [3.63, 3.8) is 0 Å². The maximum absolute atomic E-state index is 13.8. The lowest BCUT2D eigenvalue weighted by atomic mass is 10.1. The van der Waals surface area contributed by atoms with E-state index in [4.69, 9.17) is 0 Å². The van der Waals surface area contributed by atoms with Crippen LogP contribution in [0.4, 0.5) is 10.1 Å². The van der Waals surface area contributed by atoms with Crippen LogP contribution in [0.15, 0.2) is 42.5 Å². The predicted octanol–water partition coefficient (Wildman–Crippen LogP) is 4.46. The molecule has 0 atom stereocenters. The molecule has 0 aliphatic carbocycles. The number of anilines is 1. The minimum Gasteiger partial charge on any atom is -0.378 e. The number of likely N-dealkylation sites (N-methyl/N-ethyl adjacent to an activating group) is 1. The summed E-state index contributed by atoms with van der Waals surface area (Å²) >= 11 is 0. The van der Waals surface area contributed by atoms with Crippen LogP contribution in [0.3, 0.4) is 0 Å². The number of nitrogens with zero attached hydrogens (tertiary/aromatic N) is 3. The van der Waals surface area contributed by atoms with E-state index in [1.54, 1.807) is 12.1 Å². The molecule has 1 aromatic heterocycles. The van der Waals surface area contributed by atoms with Crippen LogP contribution in [0.2, 0.25) is 0 Å². The van der Waals surface area contributed by atoms with E-state index in [0.29, 0.717) is 0 Å². The van der Waals surface area contributed by atoms with Crippen LogP contribution in [0, 0.1) is 5.82 Å². The largest absolute Gasteiger partial charge is 0.378 e. The minimum absolute atomic E-state index is 0.172. The van der Waals surface area contributed by atoms with Gasteiger partial charge < -0.3 is 14.4 Å². The first kappa shape index (κ1) is 16.9. The molecule has 0 radical (unpaired) electrons. The summed E-state index contributed by atoms with van der Waals surface area (Å²) in [5.74, 6) is -0.172. The third-order valence-corrected chi connectivity index (χ3v) is 5.17. The number of hydrogen-bond donors (Lipinski definition) is 0. The van der Waals surface area contributed by atoms with E-state index in [1.165, 1.54) is 16.9 Å². The van der Waals surface area contributed by atoms with E-state index in [1.807, 2.05) is 20.2 Å². The molecular weight excluding hydrogens is 325 g/mol. The Kier molecular flexibility index (Phi) is 4.29. The average Bonchev–Trinajstić information content (AvgIpc) is 2.92. The standard InChI is InChI=1S/C22H24FN3/c1-24(2)18-7-4-16(5-8-18)10-13-26-21-9-6-17(23)14-19(21)20-15-25(3)12-11-22(20)26/h4-10,13-14H,11-12,15H2,1-3H3. The Balaban J connectivity index is 1.76. The van der Waals surface area contributed by atoms with Gasteiger partial charge in [-0.05, 0) is 54.6 Å². The van der Waals surface area contributed by atoms with Gasteiger partial charge in [0.2, 0.25) is 0 Å². The van der Waals surface area contributed by atoms with Crippen LogP contribution in [-0.2, 0) is 13.0 Å². The SMILES string of the molecule is CN1CCc2c(c3cc(F)ccc3n2C=Cc2ccc(N(C)C)cc2)C1. The van der Waals surface area contributed by atoms with Crippen LogP contribution in [0.25, 0.3) is 23.2 Å². The molecule has 134 valence electrons. The highest BCUT2D eigenvalue weighted by Gasteiger charge is 2.21. The Labute approximate surface area is 153 Å². The number of hydrogen-bond acceptors (Lipinski definition) is 2. The quantitative estimate of drug-likeness (QED) is 0.691. The van der Waals surface area contributed by atoms with Crippen LogP contribution < -0.4 is 4.90 Å². The molecule has 0 fully saturated rings. The zero-order chi connectivity index (χ0) is 18.3. The first-order chi connectivity index (χ1) is 12.5. The van der Waals surface area contributed by atoms with E-state index in [-0.39, 0.29) is 5.82 Å². The second-order valence-corrected chi connectivity index (χ2v) is 7.25. The number of fused-ring (bicyclic) bond motifs is 3. The number of aromatic nitrogens is 1. The summed E-state index contributed by atoms with van der Waals surface area (Å²) in [4.78, 5) is 4.38. The first-order valence-electron chi connectivity index (χ1n) is 8.98. The van der Waals surface area contributed by atoms with Gasteiger partial charge >= 0.3 is 0 Å². The highest BCUT2D eigenvalue weighted by molar-refractivity contribution is 5.88. The van der Waals surface area contributed by atoms with E-state index in [2.05, 4.69) is 58.0 Å². The molecule has 4 rings (SSSR count). The number of halogens is 1. The first-order valence-corrected chi connectivity index (χ1v) is 8.98. The maximum atomic E-state index is 13.8. The summed E-state index contributed by atoms with van der Waals surface area (Å²) < 4.78 is 16.1. The Hall–Kier alpha value is -2.59. The predicted molar refractivity (Wildman–Crippen MR) is 108 cm³/mol. The molecule has 4 heteroatoms. The van der Waals surface area contributed by atoms with Gasteiger partial charge in [0, 0.05) is 56.6 Å². The van der Waals surface area contributed by atoms with Crippen molar-refractivity contribution in [2.75, 3.05) is 32.6 Å². The molecule has 3 nitrogen and oxygen atoms in total. The Morgan fingerprint density at radius 2 is 1.85 bits per heavy atom. The van der Waals surface area contributed by atoms with Gasteiger partial charge in [0.05, 0.1) is 5.52 Å². The van der Waals surface area contributed by atoms with Crippen molar-refractivity contribution in [1.29, 1.82) is 0 Å². The van der Waals surface area contributed by atoms with Gasteiger partial charge in [0.15, 0.2) is 0 Å². The fourth-order valence-corrected chi connectivity index (χ4v) is 3.71. The normalized spacial score (nSPS) is 14.9. The summed E-state index contributed by atoms with van der Waals surface area (Å²) in [6, 6.07) is 13.6. The molecule has 1 aliphatic heterocycles. The lowest BCUT2D eigenvalue weighted by molar-refractivity contribution is 0.312. The van der Waals surface area contributed by atoms with Gasteiger partial charge in [0.25, 0.3) is 0 Å². The summed E-state index contributed by atoms with van der Waals surface area (Å²) in [5, 5.41) is 1.03. The summed E-state index contributed by atoms with van der Waals surface area (Å²) in [7, 11) is 6.20. The lowest BCUT2D eigenvalue weighted by Crippen LogP contribution is -2.26. The molecule has 0 unspecified atom stereocenters. The van der Waals surface area contributed by atoms with Crippen molar-refractivity contribution < 1.29 is 4.39 Å². The zero-order valence-corrected chi connectivity index (χ0v) is 15.5. The molecule has 0 spiro atoms. The molecule has 3 aromatic rings. The second-order valence-electron chi connectivity index (χ2n) is 7.25. The molecular formula is C22H24FN3. The Bertz CT molecular complexity index is 967. The van der Waals surface area contributed by atoms with Gasteiger partial charge in [0.1, 0.15) is 5.82 Å². The Morgan fingerprint density at radius 1 is 1.08 bits per heavy atom. The van der Waals surface area contributed by atoms with Crippen LogP contribution >= 0.6 is 0 Å². The van der Waals surface area contributed by atoms with Gasteiger partial charge in [-0.15, -0.1) is 0 Å². The van der Waals surface area contributed by atoms with Crippen LogP contribution in [0.1, 0.15) is 16.8 Å². The third kappa shape index (κ3) is 3.01. The second kappa shape index (κ2) is 6.61. The van der Waals surface area contributed by atoms with E-state index < -0.39 is 0 Å². The van der Waals surface area contributed by atoms with Gasteiger partial charge in [-0.25, -0.2) is 4.39 Å². The Morgan fingerprint density at radius 3 is 2.58 bits per heavy atom. The smallest absolute Gasteiger partial charge is 0.123 e. The fourth-order valence-electron chi connectivity index (χ4n) is 3.71. The highest BCUT2D eigenvalue weighted by atomic mass is 19.1. The van der Waals surface area contributed by atoms with Crippen molar-refractivity contribution in [3.8, 4) is 0 Å². The topological polar surface area (TPSA) is 11.4 Å². The molecule has 0 amide bonds. The summed E-state index contributed by atoms with van der Waals surface area (Å²) in [6.07, 6.45) is 5.22. The van der Waals surface area contributed by atoms with Gasteiger partial charge in [-0.2, -0.15) is 0 Å². The maximum Gasteiger partial charge on any atom is 0.123 e. The van der Waals surface area contributed by atoms with Crippen molar-refractivity contribution >= 4 is 28.9 Å². The molecule has 2 heterocycles. The molecule has 1 aliphatic rings. The van der Waals surface area contributed by atoms with Crippen molar-refractivity contribution in [3.05, 3.63) is 65.1 Å². The fraction of sp³-hybridized carbons (Fsp3) is 0.273. The average molecular weight is 349 g/mol.